The lowest BCUT2D eigenvalue weighted by Gasteiger charge is -2.07. The number of methoxy groups -OCH3 is 1. The Bertz CT molecular complexity index is 595. The summed E-state index contributed by atoms with van der Waals surface area (Å²) < 4.78 is 7.14. The van der Waals surface area contributed by atoms with Crippen LogP contribution in [0, 0.1) is 0 Å². The zero-order chi connectivity index (χ0) is 13.8. The van der Waals surface area contributed by atoms with Gasteiger partial charge in [0.2, 0.25) is 5.91 Å². The van der Waals surface area contributed by atoms with Gasteiger partial charge in [-0.3, -0.25) is 4.79 Å². The number of nitrogens with zero attached hydrogens (tertiary/aromatic N) is 2. The van der Waals surface area contributed by atoms with Crippen molar-refractivity contribution in [2.24, 2.45) is 0 Å². The van der Waals surface area contributed by atoms with Crippen molar-refractivity contribution in [1.29, 1.82) is 0 Å². The quantitative estimate of drug-likeness (QED) is 0.852. The van der Waals surface area contributed by atoms with Crippen molar-refractivity contribution in [3.8, 4) is 5.75 Å². The van der Waals surface area contributed by atoms with Crippen LogP contribution in [0.2, 0.25) is 0 Å². The van der Waals surface area contributed by atoms with Crippen LogP contribution >= 0.6 is 11.6 Å². The first kappa shape index (κ1) is 13.7. The van der Waals surface area contributed by atoms with Crippen LogP contribution in [0.1, 0.15) is 12.2 Å². The molecular weight excluding hydrogens is 266 g/mol. The number of hydrogen-bond acceptors (Lipinski definition) is 3. The van der Waals surface area contributed by atoms with E-state index >= 15 is 0 Å². The molecule has 1 amide bonds. The number of rotatable bonds is 5. The normalized spacial score (nSPS) is 10.7. The van der Waals surface area contributed by atoms with E-state index in [1.165, 1.54) is 0 Å². The van der Waals surface area contributed by atoms with Crippen LogP contribution in [0.4, 0.5) is 0 Å². The smallest absolute Gasteiger partial charge is 0.221 e. The second-order valence-electron chi connectivity index (χ2n) is 4.09. The summed E-state index contributed by atoms with van der Waals surface area (Å²) in [6, 6.07) is 5.67. The Hall–Kier alpha value is -1.75. The molecule has 2 aromatic rings. The first-order valence-corrected chi connectivity index (χ1v) is 6.52. The summed E-state index contributed by atoms with van der Waals surface area (Å²) in [7, 11) is 3.24. The molecule has 0 aliphatic carbocycles. The number of nitrogens with one attached hydrogen (secondary N) is 1. The van der Waals surface area contributed by atoms with Gasteiger partial charge in [-0.1, -0.05) is 0 Å². The number of aryl methyl sites for hydroxylation is 1. The molecule has 102 valence electrons. The van der Waals surface area contributed by atoms with E-state index < -0.39 is 0 Å². The minimum Gasteiger partial charge on any atom is -0.497 e. The third-order valence-electron chi connectivity index (χ3n) is 3.00. The third kappa shape index (κ3) is 2.81. The Morgan fingerprint density at radius 3 is 2.95 bits per heavy atom. The molecule has 2 rings (SSSR count). The summed E-state index contributed by atoms with van der Waals surface area (Å²) in [4.78, 5) is 15.8. The highest BCUT2D eigenvalue weighted by Gasteiger charge is 2.11. The van der Waals surface area contributed by atoms with E-state index in [-0.39, 0.29) is 5.91 Å². The highest BCUT2D eigenvalue weighted by molar-refractivity contribution is 6.16. The van der Waals surface area contributed by atoms with E-state index in [0.29, 0.717) is 18.8 Å². The number of fused-ring (bicyclic) bond motifs is 1. The topological polar surface area (TPSA) is 56.2 Å². The molecule has 0 bridgehead atoms. The van der Waals surface area contributed by atoms with Gasteiger partial charge in [-0.25, -0.2) is 4.98 Å². The standard InChI is InChI=1S/C13H16ClN3O2/c1-15-13(18)5-6-17-11-4-3-9(19-2)7-10(11)16-12(17)8-14/h3-4,7H,5-6,8H2,1-2H3,(H,15,18). The number of carbonyl (C=O) groups excluding carboxylic acids is 1. The Morgan fingerprint density at radius 1 is 1.53 bits per heavy atom. The number of carbonyl (C=O) groups is 1. The van der Waals surface area contributed by atoms with Crippen LogP contribution in [0.15, 0.2) is 18.2 Å². The summed E-state index contributed by atoms with van der Waals surface area (Å²) in [6.07, 6.45) is 0.401. The Labute approximate surface area is 116 Å². The molecule has 0 atom stereocenters. The number of aromatic nitrogens is 2. The zero-order valence-corrected chi connectivity index (χ0v) is 11.7. The molecule has 19 heavy (non-hydrogen) atoms. The molecule has 0 aliphatic heterocycles. The Kier molecular flexibility index (Phi) is 4.27. The number of halogens is 1. The maximum atomic E-state index is 11.3. The molecule has 1 aromatic carbocycles. The van der Waals surface area contributed by atoms with Gasteiger partial charge >= 0.3 is 0 Å². The van der Waals surface area contributed by atoms with Crippen molar-refractivity contribution >= 4 is 28.5 Å². The lowest BCUT2D eigenvalue weighted by Crippen LogP contribution is -2.19. The molecule has 0 fully saturated rings. The largest absolute Gasteiger partial charge is 0.497 e. The van der Waals surface area contributed by atoms with E-state index in [9.17, 15) is 4.79 Å². The van der Waals surface area contributed by atoms with Gasteiger partial charge < -0.3 is 14.6 Å². The first-order chi connectivity index (χ1) is 9.19. The minimum atomic E-state index is -0.00381. The van der Waals surface area contributed by atoms with Gasteiger partial charge in [-0.15, -0.1) is 11.6 Å². The van der Waals surface area contributed by atoms with E-state index in [0.717, 1.165) is 22.6 Å². The fourth-order valence-corrected chi connectivity index (χ4v) is 2.18. The summed E-state index contributed by atoms with van der Waals surface area (Å²) in [6.45, 7) is 0.560. The monoisotopic (exact) mass is 281 g/mol. The van der Waals surface area contributed by atoms with Crippen LogP contribution in [-0.4, -0.2) is 29.6 Å². The van der Waals surface area contributed by atoms with Gasteiger partial charge in [0.1, 0.15) is 11.6 Å². The van der Waals surface area contributed by atoms with E-state index in [1.54, 1.807) is 14.2 Å². The molecular formula is C13H16ClN3O2. The maximum Gasteiger partial charge on any atom is 0.221 e. The lowest BCUT2D eigenvalue weighted by atomic mass is 10.3. The molecule has 0 radical (unpaired) electrons. The van der Waals surface area contributed by atoms with Crippen molar-refractivity contribution in [3.05, 3.63) is 24.0 Å². The SMILES string of the molecule is CNC(=O)CCn1c(CCl)nc2cc(OC)ccc21. The molecule has 1 heterocycles. The minimum absolute atomic E-state index is 0.00381. The fourth-order valence-electron chi connectivity index (χ4n) is 1.98. The zero-order valence-electron chi connectivity index (χ0n) is 10.9. The highest BCUT2D eigenvalue weighted by Crippen LogP contribution is 2.22. The second-order valence-corrected chi connectivity index (χ2v) is 4.36. The van der Waals surface area contributed by atoms with Crippen LogP contribution in [-0.2, 0) is 17.2 Å². The summed E-state index contributed by atoms with van der Waals surface area (Å²) in [5.41, 5.74) is 1.78. The summed E-state index contributed by atoms with van der Waals surface area (Å²) in [5, 5.41) is 2.61. The molecule has 0 unspecified atom stereocenters. The molecule has 6 heteroatoms. The fraction of sp³-hybridized carbons (Fsp3) is 0.385. The van der Waals surface area contributed by atoms with Crippen LogP contribution in [0.25, 0.3) is 11.0 Å². The number of imidazole rings is 1. The lowest BCUT2D eigenvalue weighted by molar-refractivity contribution is -0.120. The molecule has 0 aliphatic rings. The Balaban J connectivity index is 2.37. The maximum absolute atomic E-state index is 11.3. The van der Waals surface area contributed by atoms with Gasteiger partial charge in [0, 0.05) is 26.1 Å². The molecule has 0 spiro atoms. The van der Waals surface area contributed by atoms with Gasteiger partial charge in [0.05, 0.1) is 24.0 Å². The highest BCUT2D eigenvalue weighted by atomic mass is 35.5. The van der Waals surface area contributed by atoms with Gasteiger partial charge in [-0.05, 0) is 12.1 Å². The van der Waals surface area contributed by atoms with Crippen molar-refractivity contribution in [1.82, 2.24) is 14.9 Å². The average molecular weight is 282 g/mol. The number of amides is 1. The predicted octanol–water partition coefficient (Wildman–Crippen LogP) is 1.92. The summed E-state index contributed by atoms with van der Waals surface area (Å²) >= 11 is 5.91. The average Bonchev–Trinajstić information content (AvgIpc) is 2.81. The van der Waals surface area contributed by atoms with Crippen molar-refractivity contribution in [2.75, 3.05) is 14.2 Å². The predicted molar refractivity (Wildman–Crippen MR) is 74.5 cm³/mol. The first-order valence-electron chi connectivity index (χ1n) is 5.99. The van der Waals surface area contributed by atoms with E-state index in [1.807, 2.05) is 22.8 Å². The van der Waals surface area contributed by atoms with Crippen LogP contribution in [0.3, 0.4) is 0 Å². The van der Waals surface area contributed by atoms with E-state index in [2.05, 4.69) is 10.3 Å². The molecule has 1 aromatic heterocycles. The number of hydrogen-bond donors (Lipinski definition) is 1. The van der Waals surface area contributed by atoms with Gasteiger partial charge in [0.25, 0.3) is 0 Å². The van der Waals surface area contributed by atoms with Crippen molar-refractivity contribution in [2.45, 2.75) is 18.8 Å². The number of alkyl halides is 1. The molecule has 0 saturated carbocycles. The van der Waals surface area contributed by atoms with Gasteiger partial charge in [-0.2, -0.15) is 0 Å². The number of ether oxygens (including phenoxy) is 1. The summed E-state index contributed by atoms with van der Waals surface area (Å²) in [5.74, 6) is 1.82. The van der Waals surface area contributed by atoms with Crippen LogP contribution in [0.5, 0.6) is 5.75 Å². The van der Waals surface area contributed by atoms with Crippen molar-refractivity contribution < 1.29 is 9.53 Å². The molecule has 5 nitrogen and oxygen atoms in total. The second kappa shape index (κ2) is 5.93. The van der Waals surface area contributed by atoms with Crippen LogP contribution < -0.4 is 10.1 Å². The van der Waals surface area contributed by atoms with E-state index in [4.69, 9.17) is 16.3 Å². The van der Waals surface area contributed by atoms with Gasteiger partial charge in [0.15, 0.2) is 0 Å². The molecule has 0 saturated heterocycles. The number of benzene rings is 1. The van der Waals surface area contributed by atoms with Crippen molar-refractivity contribution in [3.63, 3.8) is 0 Å². The third-order valence-corrected chi connectivity index (χ3v) is 3.23. The molecule has 1 N–H and O–H groups in total. The Morgan fingerprint density at radius 2 is 2.32 bits per heavy atom.